The van der Waals surface area contributed by atoms with Crippen molar-refractivity contribution in [2.24, 2.45) is 0 Å². The van der Waals surface area contributed by atoms with Crippen LogP contribution in [0.25, 0.3) is 0 Å². The third-order valence-electron chi connectivity index (χ3n) is 2.96. The van der Waals surface area contributed by atoms with Crippen molar-refractivity contribution in [3.8, 4) is 0 Å². The van der Waals surface area contributed by atoms with E-state index < -0.39 is 17.9 Å². The van der Waals surface area contributed by atoms with Gasteiger partial charge in [-0.25, -0.2) is 0 Å². The van der Waals surface area contributed by atoms with E-state index in [1.165, 1.54) is 11.3 Å². The summed E-state index contributed by atoms with van der Waals surface area (Å²) in [5.41, 5.74) is 1.32. The molecule has 0 radical (unpaired) electrons. The molecule has 1 aromatic heterocycles. The Hall–Kier alpha value is -1.89. The molecule has 5 nitrogen and oxygen atoms in total. The van der Waals surface area contributed by atoms with Crippen molar-refractivity contribution in [2.75, 3.05) is 11.9 Å². The van der Waals surface area contributed by atoms with E-state index in [0.29, 0.717) is 10.7 Å². The lowest BCUT2D eigenvalue weighted by Crippen LogP contribution is -2.37. The van der Waals surface area contributed by atoms with Gasteiger partial charge in [-0.3, -0.25) is 9.59 Å². The van der Waals surface area contributed by atoms with E-state index >= 15 is 0 Å². The first kappa shape index (κ1) is 16.5. The van der Waals surface area contributed by atoms with Crippen molar-refractivity contribution in [1.29, 1.82) is 0 Å². The molecular weight excluding hydrogens is 324 g/mol. The molecule has 0 unspecified atom stereocenters. The fourth-order valence-electron chi connectivity index (χ4n) is 1.71. The van der Waals surface area contributed by atoms with Gasteiger partial charge in [0.25, 0.3) is 0 Å². The van der Waals surface area contributed by atoms with Crippen LogP contribution in [0.5, 0.6) is 0 Å². The van der Waals surface area contributed by atoms with Gasteiger partial charge in [0.15, 0.2) is 0 Å². The second kappa shape index (κ2) is 7.40. The predicted molar refractivity (Wildman–Crippen MR) is 87.1 cm³/mol. The summed E-state index contributed by atoms with van der Waals surface area (Å²) in [7, 11) is 0. The molecule has 0 aliphatic rings. The fourth-order valence-corrected chi connectivity index (χ4v) is 2.60. The number of halogens is 1. The van der Waals surface area contributed by atoms with Crippen molar-refractivity contribution in [3.63, 3.8) is 0 Å². The van der Waals surface area contributed by atoms with Crippen molar-refractivity contribution in [1.82, 2.24) is 5.32 Å². The number of hydrogen-bond donors (Lipinski definition) is 3. The van der Waals surface area contributed by atoms with Gasteiger partial charge >= 0.3 is 11.8 Å². The van der Waals surface area contributed by atoms with Crippen molar-refractivity contribution < 1.29 is 14.7 Å². The number of thiophene rings is 1. The van der Waals surface area contributed by atoms with E-state index in [1.807, 2.05) is 12.3 Å². The van der Waals surface area contributed by atoms with E-state index in [0.717, 1.165) is 10.4 Å². The zero-order valence-electron chi connectivity index (χ0n) is 11.8. The van der Waals surface area contributed by atoms with Gasteiger partial charge in [0.2, 0.25) is 0 Å². The highest BCUT2D eigenvalue weighted by Gasteiger charge is 2.16. The van der Waals surface area contributed by atoms with Crippen LogP contribution in [-0.4, -0.2) is 23.5 Å². The Morgan fingerprint density at radius 1 is 1.32 bits per heavy atom. The molecule has 0 saturated heterocycles. The number of benzene rings is 1. The number of aryl methyl sites for hydroxylation is 1. The maximum absolute atomic E-state index is 11.8. The number of carbonyl (C=O) groups excluding carboxylic acids is 2. The monoisotopic (exact) mass is 338 g/mol. The Balaban J connectivity index is 1.86. The van der Waals surface area contributed by atoms with Gasteiger partial charge in [0, 0.05) is 22.1 Å². The van der Waals surface area contributed by atoms with Gasteiger partial charge in [0.1, 0.15) is 6.10 Å². The molecule has 0 aliphatic heterocycles. The third-order valence-corrected chi connectivity index (χ3v) is 4.34. The summed E-state index contributed by atoms with van der Waals surface area (Å²) in [6, 6.07) is 8.54. The molecule has 2 aromatic rings. The van der Waals surface area contributed by atoms with Crippen LogP contribution in [0.4, 0.5) is 5.69 Å². The summed E-state index contributed by atoms with van der Waals surface area (Å²) in [6.45, 7) is 1.81. The third kappa shape index (κ3) is 4.30. The highest BCUT2D eigenvalue weighted by Crippen LogP contribution is 2.20. The molecule has 0 fully saturated rings. The molecule has 0 aliphatic carbocycles. The number of hydrogen-bond acceptors (Lipinski definition) is 4. The van der Waals surface area contributed by atoms with Gasteiger partial charge in [0.05, 0.1) is 0 Å². The summed E-state index contributed by atoms with van der Waals surface area (Å²) < 4.78 is 0. The van der Waals surface area contributed by atoms with Gasteiger partial charge < -0.3 is 15.7 Å². The number of carbonyl (C=O) groups is 2. The van der Waals surface area contributed by atoms with Crippen LogP contribution in [-0.2, 0) is 9.59 Å². The SMILES string of the molecule is Cc1ccc(NC(=O)C(=O)NC[C@H](O)c2cccs2)cc1Cl. The van der Waals surface area contributed by atoms with Crippen molar-refractivity contribution in [2.45, 2.75) is 13.0 Å². The number of amides is 2. The smallest absolute Gasteiger partial charge is 0.313 e. The fraction of sp³-hybridized carbons (Fsp3) is 0.200. The minimum atomic E-state index is -0.828. The van der Waals surface area contributed by atoms with E-state index in [9.17, 15) is 14.7 Å². The first-order chi connectivity index (χ1) is 10.5. The van der Waals surface area contributed by atoms with Crippen LogP contribution in [0.1, 0.15) is 16.5 Å². The highest BCUT2D eigenvalue weighted by atomic mass is 35.5. The largest absolute Gasteiger partial charge is 0.386 e. The van der Waals surface area contributed by atoms with Crippen LogP contribution in [0.3, 0.4) is 0 Å². The maximum atomic E-state index is 11.8. The summed E-state index contributed by atoms with van der Waals surface area (Å²) in [4.78, 5) is 24.2. The lowest BCUT2D eigenvalue weighted by molar-refractivity contribution is -0.136. The Kier molecular flexibility index (Phi) is 5.54. The Morgan fingerprint density at radius 2 is 2.09 bits per heavy atom. The molecule has 1 atom stereocenters. The number of nitrogens with one attached hydrogen (secondary N) is 2. The molecule has 0 saturated carbocycles. The molecule has 1 heterocycles. The Bertz CT molecular complexity index is 673. The van der Waals surface area contributed by atoms with Crippen LogP contribution in [0.15, 0.2) is 35.7 Å². The normalized spacial score (nSPS) is 11.8. The second-order valence-corrected chi connectivity index (χ2v) is 6.05. The first-order valence-electron chi connectivity index (χ1n) is 6.54. The topological polar surface area (TPSA) is 78.4 Å². The summed E-state index contributed by atoms with van der Waals surface area (Å²) >= 11 is 7.33. The van der Waals surface area contributed by atoms with Gasteiger partial charge in [-0.15, -0.1) is 11.3 Å². The van der Waals surface area contributed by atoms with E-state index in [1.54, 1.807) is 30.3 Å². The zero-order valence-corrected chi connectivity index (χ0v) is 13.4. The van der Waals surface area contributed by atoms with Crippen LogP contribution in [0, 0.1) is 6.92 Å². The van der Waals surface area contributed by atoms with E-state index in [-0.39, 0.29) is 6.54 Å². The van der Waals surface area contributed by atoms with Crippen LogP contribution < -0.4 is 10.6 Å². The van der Waals surface area contributed by atoms with Crippen LogP contribution in [0.2, 0.25) is 5.02 Å². The molecule has 2 amide bonds. The average molecular weight is 339 g/mol. The Morgan fingerprint density at radius 3 is 2.73 bits per heavy atom. The minimum absolute atomic E-state index is 0.0264. The number of aliphatic hydroxyl groups is 1. The standard InChI is InChI=1S/C15H15ClN2O3S/c1-9-4-5-10(7-11(9)16)18-15(21)14(20)17-8-12(19)13-3-2-6-22-13/h2-7,12,19H,8H2,1H3,(H,17,20)(H,18,21)/t12-/m0/s1. The molecular formula is C15H15ClN2O3S. The first-order valence-corrected chi connectivity index (χ1v) is 7.80. The zero-order chi connectivity index (χ0) is 16.1. The second-order valence-electron chi connectivity index (χ2n) is 4.66. The predicted octanol–water partition coefficient (Wildman–Crippen LogP) is 2.50. The van der Waals surface area contributed by atoms with Crippen LogP contribution >= 0.6 is 22.9 Å². The summed E-state index contributed by atoms with van der Waals surface area (Å²) in [6.07, 6.45) is -0.828. The quantitative estimate of drug-likeness (QED) is 0.749. The molecule has 1 aromatic carbocycles. The lowest BCUT2D eigenvalue weighted by Gasteiger charge is -2.10. The van der Waals surface area contributed by atoms with Gasteiger partial charge in [-0.05, 0) is 36.1 Å². The molecule has 116 valence electrons. The highest BCUT2D eigenvalue weighted by molar-refractivity contribution is 7.10. The number of rotatable bonds is 4. The van der Waals surface area contributed by atoms with Gasteiger partial charge in [-0.1, -0.05) is 23.7 Å². The maximum Gasteiger partial charge on any atom is 0.313 e. The van der Waals surface area contributed by atoms with E-state index in [2.05, 4.69) is 10.6 Å². The molecule has 3 N–H and O–H groups in total. The Labute approximate surface area is 136 Å². The number of anilines is 1. The lowest BCUT2D eigenvalue weighted by atomic mass is 10.2. The molecule has 7 heteroatoms. The summed E-state index contributed by atoms with van der Waals surface area (Å²) in [5, 5.41) is 17.0. The molecule has 0 spiro atoms. The summed E-state index contributed by atoms with van der Waals surface area (Å²) in [5.74, 6) is -1.62. The molecule has 22 heavy (non-hydrogen) atoms. The van der Waals surface area contributed by atoms with Crippen molar-refractivity contribution >= 4 is 40.4 Å². The molecule has 2 rings (SSSR count). The van der Waals surface area contributed by atoms with E-state index in [4.69, 9.17) is 11.6 Å². The van der Waals surface area contributed by atoms with Gasteiger partial charge in [-0.2, -0.15) is 0 Å². The number of aliphatic hydroxyl groups excluding tert-OH is 1. The minimum Gasteiger partial charge on any atom is -0.386 e. The average Bonchev–Trinajstić information content (AvgIpc) is 3.02. The van der Waals surface area contributed by atoms with Crippen molar-refractivity contribution in [3.05, 3.63) is 51.2 Å². The molecule has 0 bridgehead atoms.